The van der Waals surface area contributed by atoms with Gasteiger partial charge in [-0.2, -0.15) is 0 Å². The summed E-state index contributed by atoms with van der Waals surface area (Å²) in [6.45, 7) is 1.31. The van der Waals surface area contributed by atoms with Gasteiger partial charge in [-0.1, -0.05) is 30.0 Å². The Morgan fingerprint density at radius 3 is 2.57 bits per heavy atom. The molecule has 178 valence electrons. The number of ether oxygens (including phenoxy) is 1. The summed E-state index contributed by atoms with van der Waals surface area (Å²) in [6, 6.07) is 16.9. The van der Waals surface area contributed by atoms with Gasteiger partial charge in [0.25, 0.3) is 11.6 Å². The van der Waals surface area contributed by atoms with Crippen LogP contribution in [-0.2, 0) is 10.5 Å². The summed E-state index contributed by atoms with van der Waals surface area (Å²) in [7, 11) is 1.64. The molecule has 0 radical (unpaired) electrons. The van der Waals surface area contributed by atoms with Crippen LogP contribution in [0.1, 0.15) is 22.8 Å². The van der Waals surface area contributed by atoms with Gasteiger partial charge in [-0.25, -0.2) is 4.98 Å². The molecule has 35 heavy (non-hydrogen) atoms. The van der Waals surface area contributed by atoms with E-state index in [4.69, 9.17) is 4.74 Å². The molecule has 0 spiro atoms. The third-order valence-electron chi connectivity index (χ3n) is 4.93. The maximum atomic E-state index is 12.9. The quantitative estimate of drug-likeness (QED) is 0.177. The number of para-hydroxylation sites is 1. The number of nitrogens with one attached hydrogen (secondary N) is 2. The Labute approximate surface area is 208 Å². The van der Waals surface area contributed by atoms with Gasteiger partial charge in [0.15, 0.2) is 4.34 Å². The van der Waals surface area contributed by atoms with Crippen molar-refractivity contribution in [2.45, 2.75) is 17.0 Å². The first-order valence-corrected chi connectivity index (χ1v) is 12.2. The molecular weight excluding hydrogens is 488 g/mol. The number of rotatable bonds is 8. The normalized spacial score (nSPS) is 10.7. The number of carbonyl (C=O) groups is 2. The first-order valence-electron chi connectivity index (χ1n) is 10.4. The standard InChI is InChI=1S/C24H20N4O5S2/c1-14(29)25-16-8-10-20(28(31)32)18(11-16)23(30)26-17-7-9-19-22(12-17)35-24(27-19)34-13-15-5-3-4-6-21(15)33-2/h3-12H,13H2,1-2H3,(H,25,29)(H,26,30). The van der Waals surface area contributed by atoms with E-state index in [0.29, 0.717) is 17.1 Å². The molecule has 4 aromatic rings. The number of fused-ring (bicyclic) bond motifs is 1. The van der Waals surface area contributed by atoms with Gasteiger partial charge in [0, 0.05) is 35.7 Å². The van der Waals surface area contributed by atoms with Gasteiger partial charge in [0.1, 0.15) is 11.3 Å². The molecule has 0 fully saturated rings. The van der Waals surface area contributed by atoms with Crippen molar-refractivity contribution in [2.24, 2.45) is 0 Å². The lowest BCUT2D eigenvalue weighted by molar-refractivity contribution is -0.385. The molecule has 0 unspecified atom stereocenters. The third kappa shape index (κ3) is 5.76. The predicted octanol–water partition coefficient (Wildman–Crippen LogP) is 5.72. The number of amides is 2. The fourth-order valence-corrected chi connectivity index (χ4v) is 5.46. The highest BCUT2D eigenvalue weighted by atomic mass is 32.2. The smallest absolute Gasteiger partial charge is 0.282 e. The second-order valence-electron chi connectivity index (χ2n) is 7.39. The van der Waals surface area contributed by atoms with Gasteiger partial charge in [0.05, 0.1) is 22.2 Å². The number of methoxy groups -OCH3 is 1. The average molecular weight is 509 g/mol. The van der Waals surface area contributed by atoms with Crippen LogP contribution in [0.4, 0.5) is 17.1 Å². The van der Waals surface area contributed by atoms with Crippen molar-refractivity contribution in [3.8, 4) is 5.75 Å². The van der Waals surface area contributed by atoms with Crippen molar-refractivity contribution in [1.29, 1.82) is 0 Å². The Kier molecular flexibility index (Phi) is 7.28. The molecule has 0 aliphatic carbocycles. The van der Waals surface area contributed by atoms with Gasteiger partial charge in [-0.15, -0.1) is 11.3 Å². The Morgan fingerprint density at radius 1 is 1.09 bits per heavy atom. The van der Waals surface area contributed by atoms with Gasteiger partial charge >= 0.3 is 0 Å². The summed E-state index contributed by atoms with van der Waals surface area (Å²) in [4.78, 5) is 39.6. The zero-order valence-electron chi connectivity index (χ0n) is 18.7. The average Bonchev–Trinajstić information content (AvgIpc) is 3.24. The molecule has 0 aliphatic heterocycles. The molecule has 2 amide bonds. The minimum Gasteiger partial charge on any atom is -0.496 e. The van der Waals surface area contributed by atoms with E-state index in [1.54, 1.807) is 37.1 Å². The van der Waals surface area contributed by atoms with Crippen LogP contribution in [0.15, 0.2) is 65.0 Å². The van der Waals surface area contributed by atoms with E-state index in [1.807, 2.05) is 24.3 Å². The first kappa shape index (κ1) is 24.2. The maximum absolute atomic E-state index is 12.9. The second-order valence-corrected chi connectivity index (χ2v) is 9.64. The SMILES string of the molecule is COc1ccccc1CSc1nc2ccc(NC(=O)c3cc(NC(C)=O)ccc3[N+](=O)[O-])cc2s1. The largest absolute Gasteiger partial charge is 0.496 e. The maximum Gasteiger partial charge on any atom is 0.282 e. The van der Waals surface area contributed by atoms with Gasteiger partial charge < -0.3 is 15.4 Å². The summed E-state index contributed by atoms with van der Waals surface area (Å²) in [5.41, 5.74) is 2.11. The fraction of sp³-hybridized carbons (Fsp3) is 0.125. The van der Waals surface area contributed by atoms with Crippen molar-refractivity contribution in [3.05, 3.63) is 81.9 Å². The molecule has 2 N–H and O–H groups in total. The molecule has 0 saturated carbocycles. The molecule has 3 aromatic carbocycles. The van der Waals surface area contributed by atoms with Crippen molar-refractivity contribution in [1.82, 2.24) is 4.98 Å². The molecule has 0 atom stereocenters. The Hall–Kier alpha value is -3.96. The molecule has 11 heteroatoms. The predicted molar refractivity (Wildman–Crippen MR) is 138 cm³/mol. The lowest BCUT2D eigenvalue weighted by Crippen LogP contribution is -2.15. The first-order chi connectivity index (χ1) is 16.8. The number of nitrogens with zero attached hydrogens (tertiary/aromatic N) is 2. The van der Waals surface area contributed by atoms with Crippen molar-refractivity contribution < 1.29 is 19.2 Å². The number of thioether (sulfide) groups is 1. The Balaban J connectivity index is 1.52. The van der Waals surface area contributed by atoms with Crippen molar-refractivity contribution in [3.63, 3.8) is 0 Å². The van der Waals surface area contributed by atoms with Crippen LogP contribution in [-0.4, -0.2) is 28.8 Å². The molecule has 1 aromatic heterocycles. The lowest BCUT2D eigenvalue weighted by atomic mass is 10.1. The van der Waals surface area contributed by atoms with Crippen LogP contribution < -0.4 is 15.4 Å². The minimum absolute atomic E-state index is 0.154. The van der Waals surface area contributed by atoms with Gasteiger partial charge in [0.2, 0.25) is 5.91 Å². The lowest BCUT2D eigenvalue weighted by Gasteiger charge is -2.08. The van der Waals surface area contributed by atoms with Crippen molar-refractivity contribution >= 4 is 62.2 Å². The topological polar surface area (TPSA) is 123 Å². The summed E-state index contributed by atoms with van der Waals surface area (Å²) in [5, 5.41) is 16.7. The molecule has 0 aliphatic rings. The van der Waals surface area contributed by atoms with Crippen molar-refractivity contribution in [2.75, 3.05) is 17.7 Å². The number of aromatic nitrogens is 1. The summed E-state index contributed by atoms with van der Waals surface area (Å²) in [6.07, 6.45) is 0. The highest BCUT2D eigenvalue weighted by Gasteiger charge is 2.21. The monoisotopic (exact) mass is 508 g/mol. The fourth-order valence-electron chi connectivity index (χ4n) is 3.36. The van der Waals surface area contributed by atoms with E-state index in [0.717, 1.165) is 25.9 Å². The van der Waals surface area contributed by atoms with Gasteiger partial charge in [-0.3, -0.25) is 19.7 Å². The minimum atomic E-state index is -0.654. The van der Waals surface area contributed by atoms with Crippen LogP contribution in [0.2, 0.25) is 0 Å². The molecular formula is C24H20N4O5S2. The molecule has 0 saturated heterocycles. The summed E-state index contributed by atoms with van der Waals surface area (Å²) >= 11 is 3.08. The Bertz CT molecular complexity index is 1440. The summed E-state index contributed by atoms with van der Waals surface area (Å²) in [5.74, 6) is 0.517. The highest BCUT2D eigenvalue weighted by Crippen LogP contribution is 2.35. The van der Waals surface area contributed by atoms with Crippen LogP contribution in [0, 0.1) is 10.1 Å². The van der Waals surface area contributed by atoms with Crippen LogP contribution in [0.25, 0.3) is 10.2 Å². The molecule has 4 rings (SSSR count). The third-order valence-corrected chi connectivity index (χ3v) is 7.14. The number of carbonyl (C=O) groups excluding carboxylic acids is 2. The number of anilines is 2. The number of benzene rings is 3. The van der Waals surface area contributed by atoms with E-state index in [9.17, 15) is 19.7 Å². The van der Waals surface area contributed by atoms with E-state index >= 15 is 0 Å². The number of hydrogen-bond donors (Lipinski definition) is 2. The molecule has 0 bridgehead atoms. The number of hydrogen-bond acceptors (Lipinski definition) is 8. The number of nitro benzene ring substituents is 1. The summed E-state index contributed by atoms with van der Waals surface area (Å²) < 4.78 is 7.13. The highest BCUT2D eigenvalue weighted by molar-refractivity contribution is 8.00. The number of thiazole rings is 1. The van der Waals surface area contributed by atoms with E-state index in [-0.39, 0.29) is 17.2 Å². The number of nitro groups is 1. The molecule has 1 heterocycles. The zero-order chi connectivity index (χ0) is 24.9. The van der Waals surface area contributed by atoms with Gasteiger partial charge in [-0.05, 0) is 36.4 Å². The second kappa shape index (κ2) is 10.5. The van der Waals surface area contributed by atoms with E-state index in [1.165, 1.54) is 36.5 Å². The zero-order valence-corrected chi connectivity index (χ0v) is 20.4. The Morgan fingerprint density at radius 2 is 1.83 bits per heavy atom. The van der Waals surface area contributed by atoms with Crippen LogP contribution >= 0.6 is 23.1 Å². The molecule has 9 nitrogen and oxygen atoms in total. The van der Waals surface area contributed by atoms with E-state index in [2.05, 4.69) is 15.6 Å². The van der Waals surface area contributed by atoms with Crippen LogP contribution in [0.3, 0.4) is 0 Å². The van der Waals surface area contributed by atoms with Crippen LogP contribution in [0.5, 0.6) is 5.75 Å². The van der Waals surface area contributed by atoms with E-state index < -0.39 is 10.8 Å².